The molecule has 0 aliphatic rings. The maximum Gasteiger partial charge on any atom is 0.262 e. The van der Waals surface area contributed by atoms with Gasteiger partial charge in [-0.2, -0.15) is 5.26 Å². The fraction of sp³-hybridized carbons (Fsp3) is 0.300. The molecule has 86 valence electrons. The number of thioether (sulfide) groups is 1. The van der Waals surface area contributed by atoms with Crippen LogP contribution in [0.1, 0.15) is 13.3 Å². The van der Waals surface area contributed by atoms with Gasteiger partial charge in [-0.1, -0.05) is 19.1 Å². The van der Waals surface area contributed by atoms with E-state index in [1.165, 1.54) is 17.8 Å². The van der Waals surface area contributed by atoms with Crippen molar-refractivity contribution in [1.29, 1.82) is 5.26 Å². The molecule has 0 fully saturated rings. The molecule has 1 atom stereocenters. The molecule has 3 nitrogen and oxygen atoms in total. The quantitative estimate of drug-likeness (QED) is 0.626. The first-order valence-electron chi connectivity index (χ1n) is 4.52. The van der Waals surface area contributed by atoms with E-state index < -0.39 is 9.05 Å². The van der Waals surface area contributed by atoms with Gasteiger partial charge in [0, 0.05) is 27.2 Å². The Kier molecular flexibility index (Phi) is 4.66. The lowest BCUT2D eigenvalue weighted by Gasteiger charge is -2.09. The Labute approximate surface area is 104 Å². The molecule has 0 amide bonds. The topological polar surface area (TPSA) is 57.9 Å². The summed E-state index contributed by atoms with van der Waals surface area (Å²) in [6, 6.07) is 8.56. The number of halogens is 1. The van der Waals surface area contributed by atoms with Gasteiger partial charge < -0.3 is 0 Å². The van der Waals surface area contributed by atoms with Crippen LogP contribution in [0.15, 0.2) is 34.1 Å². The Morgan fingerprint density at radius 2 is 2.12 bits per heavy atom. The molecular weight excluding hydrogens is 266 g/mol. The molecule has 0 radical (unpaired) electrons. The maximum atomic E-state index is 11.3. The highest BCUT2D eigenvalue weighted by molar-refractivity contribution is 8.14. The van der Waals surface area contributed by atoms with Crippen LogP contribution in [0.3, 0.4) is 0 Å². The third kappa shape index (κ3) is 3.71. The minimum atomic E-state index is -3.73. The van der Waals surface area contributed by atoms with E-state index in [0.717, 1.165) is 0 Å². The summed E-state index contributed by atoms with van der Waals surface area (Å²) >= 11 is 1.34. The number of hydrogen-bond acceptors (Lipinski definition) is 4. The van der Waals surface area contributed by atoms with E-state index in [0.29, 0.717) is 11.3 Å². The van der Waals surface area contributed by atoms with Crippen LogP contribution in [0, 0.1) is 11.3 Å². The number of benzene rings is 1. The molecular formula is C10H10ClNO2S2. The van der Waals surface area contributed by atoms with E-state index in [9.17, 15) is 8.42 Å². The monoisotopic (exact) mass is 275 g/mol. The van der Waals surface area contributed by atoms with Crippen molar-refractivity contribution in [1.82, 2.24) is 0 Å². The Bertz CT molecular complexity index is 508. The van der Waals surface area contributed by atoms with Gasteiger partial charge in [0.25, 0.3) is 9.05 Å². The zero-order valence-corrected chi connectivity index (χ0v) is 10.9. The van der Waals surface area contributed by atoms with Gasteiger partial charge in [0.15, 0.2) is 0 Å². The van der Waals surface area contributed by atoms with Gasteiger partial charge in [-0.25, -0.2) is 8.42 Å². The molecule has 6 heteroatoms. The van der Waals surface area contributed by atoms with Gasteiger partial charge in [-0.3, -0.25) is 0 Å². The second-order valence-corrected chi connectivity index (χ2v) is 7.19. The van der Waals surface area contributed by atoms with Crippen molar-refractivity contribution in [3.05, 3.63) is 24.3 Å². The predicted molar refractivity (Wildman–Crippen MR) is 65.0 cm³/mol. The van der Waals surface area contributed by atoms with Crippen molar-refractivity contribution in [2.75, 3.05) is 0 Å². The number of rotatable bonds is 4. The second kappa shape index (κ2) is 5.58. The smallest absolute Gasteiger partial charge is 0.207 e. The van der Waals surface area contributed by atoms with Crippen molar-refractivity contribution in [2.45, 2.75) is 28.4 Å². The summed E-state index contributed by atoms with van der Waals surface area (Å²) in [6.07, 6.45) is 0.362. The van der Waals surface area contributed by atoms with Crippen LogP contribution in [0.5, 0.6) is 0 Å². The Morgan fingerprint density at radius 1 is 1.50 bits per heavy atom. The highest BCUT2D eigenvalue weighted by Gasteiger charge is 2.16. The Morgan fingerprint density at radius 3 is 2.69 bits per heavy atom. The molecule has 1 unspecified atom stereocenters. The van der Waals surface area contributed by atoms with E-state index >= 15 is 0 Å². The van der Waals surface area contributed by atoms with Gasteiger partial charge in [0.1, 0.15) is 0 Å². The lowest BCUT2D eigenvalue weighted by molar-refractivity contribution is 0.607. The largest absolute Gasteiger partial charge is 0.262 e. The van der Waals surface area contributed by atoms with Gasteiger partial charge in [0.2, 0.25) is 0 Å². The highest BCUT2D eigenvalue weighted by Crippen LogP contribution is 2.32. The SMILES string of the molecule is CC(CC#N)Sc1ccccc1S(=O)(=O)Cl. The van der Waals surface area contributed by atoms with E-state index in [-0.39, 0.29) is 10.1 Å². The number of nitriles is 1. The molecule has 0 N–H and O–H groups in total. The fourth-order valence-electron chi connectivity index (χ4n) is 1.14. The minimum Gasteiger partial charge on any atom is -0.207 e. The third-order valence-corrected chi connectivity index (χ3v) is 4.51. The molecule has 0 spiro atoms. The van der Waals surface area contributed by atoms with E-state index in [1.54, 1.807) is 18.2 Å². The summed E-state index contributed by atoms with van der Waals surface area (Å²) in [5.41, 5.74) is 0. The van der Waals surface area contributed by atoms with Crippen LogP contribution in [-0.2, 0) is 9.05 Å². The average Bonchev–Trinajstić information content (AvgIpc) is 2.17. The van der Waals surface area contributed by atoms with Crippen molar-refractivity contribution < 1.29 is 8.42 Å². The summed E-state index contributed by atoms with van der Waals surface area (Å²) < 4.78 is 22.6. The molecule has 1 rings (SSSR count). The van der Waals surface area contributed by atoms with Gasteiger partial charge in [0.05, 0.1) is 11.0 Å². The van der Waals surface area contributed by atoms with Crippen molar-refractivity contribution in [3.63, 3.8) is 0 Å². The standard InChI is InChI=1S/C10H10ClNO2S2/c1-8(6-7-12)15-9-4-2-3-5-10(9)16(11,13)14/h2-5,8H,6H2,1H3. The summed E-state index contributed by atoms with van der Waals surface area (Å²) in [6.45, 7) is 1.87. The minimum absolute atomic E-state index is 0.0320. The number of hydrogen-bond donors (Lipinski definition) is 0. The summed E-state index contributed by atoms with van der Waals surface area (Å²) in [4.78, 5) is 0.687. The molecule has 0 aromatic heterocycles. The zero-order valence-electron chi connectivity index (χ0n) is 8.55. The van der Waals surface area contributed by atoms with Gasteiger partial charge >= 0.3 is 0 Å². The van der Waals surface area contributed by atoms with Crippen molar-refractivity contribution >= 4 is 31.5 Å². The second-order valence-electron chi connectivity index (χ2n) is 3.18. The first kappa shape index (κ1) is 13.4. The molecule has 0 saturated carbocycles. The molecule has 16 heavy (non-hydrogen) atoms. The summed E-state index contributed by atoms with van der Waals surface area (Å²) in [5, 5.41) is 8.57. The molecule has 0 aliphatic heterocycles. The summed E-state index contributed by atoms with van der Waals surface area (Å²) in [5.74, 6) is 0. The van der Waals surface area contributed by atoms with Crippen LogP contribution in [0.2, 0.25) is 0 Å². The van der Waals surface area contributed by atoms with Gasteiger partial charge in [-0.05, 0) is 12.1 Å². The molecule has 0 heterocycles. The Hall–Kier alpha value is -0.700. The van der Waals surface area contributed by atoms with Crippen molar-refractivity contribution in [3.8, 4) is 6.07 Å². The summed E-state index contributed by atoms with van der Waals surface area (Å²) in [7, 11) is 1.59. The van der Waals surface area contributed by atoms with Crippen LogP contribution in [0.25, 0.3) is 0 Å². The molecule has 0 aliphatic carbocycles. The fourth-order valence-corrected chi connectivity index (χ4v) is 3.63. The Balaban J connectivity index is 3.02. The molecule has 1 aromatic rings. The normalized spacial score (nSPS) is 13.1. The molecule has 1 aromatic carbocycles. The first-order valence-corrected chi connectivity index (χ1v) is 7.71. The van der Waals surface area contributed by atoms with Crippen molar-refractivity contribution in [2.24, 2.45) is 0 Å². The third-order valence-electron chi connectivity index (χ3n) is 1.82. The lowest BCUT2D eigenvalue weighted by atomic mass is 10.4. The predicted octanol–water partition coefficient (Wildman–Crippen LogP) is 3.01. The van der Waals surface area contributed by atoms with Crippen LogP contribution in [0.4, 0.5) is 0 Å². The lowest BCUT2D eigenvalue weighted by Crippen LogP contribution is -1.98. The van der Waals surface area contributed by atoms with E-state index in [2.05, 4.69) is 0 Å². The highest BCUT2D eigenvalue weighted by atomic mass is 35.7. The van der Waals surface area contributed by atoms with E-state index in [4.69, 9.17) is 15.9 Å². The van der Waals surface area contributed by atoms with Crippen LogP contribution < -0.4 is 0 Å². The molecule has 0 bridgehead atoms. The maximum absolute atomic E-state index is 11.3. The number of nitrogens with zero attached hydrogens (tertiary/aromatic N) is 1. The average molecular weight is 276 g/mol. The van der Waals surface area contributed by atoms with E-state index in [1.807, 2.05) is 13.0 Å². The van der Waals surface area contributed by atoms with Crippen LogP contribution in [-0.4, -0.2) is 13.7 Å². The zero-order chi connectivity index (χ0) is 12.2. The first-order chi connectivity index (χ1) is 7.45. The van der Waals surface area contributed by atoms with Gasteiger partial charge in [-0.15, -0.1) is 11.8 Å². The molecule has 0 saturated heterocycles. The van der Waals surface area contributed by atoms with Crippen LogP contribution >= 0.6 is 22.4 Å².